The van der Waals surface area contributed by atoms with Crippen LogP contribution in [0.2, 0.25) is 0 Å². The quantitative estimate of drug-likeness (QED) is 0.441. The van der Waals surface area contributed by atoms with Crippen LogP contribution < -0.4 is 16.0 Å². The molecule has 202 valence electrons. The fourth-order valence-electron chi connectivity index (χ4n) is 4.56. The third-order valence-corrected chi connectivity index (χ3v) is 6.65. The molecular weight excluding hydrogens is 508 g/mol. The van der Waals surface area contributed by atoms with Crippen LogP contribution in [-0.2, 0) is 19.1 Å². The third kappa shape index (κ3) is 5.15. The Morgan fingerprint density at radius 2 is 1.57 bits per heavy atom. The van der Waals surface area contributed by atoms with Gasteiger partial charge < -0.3 is 20.5 Å². The normalized spacial score (nSPS) is 14.9. The molecule has 9 nitrogen and oxygen atoms in total. The first-order valence-corrected chi connectivity index (χ1v) is 12.4. The number of nitrogens with one attached hydrogen (secondary N) is 1. The van der Waals surface area contributed by atoms with E-state index < -0.39 is 17.9 Å². The number of esters is 2. The standard InChI is InChI=1S/C31H28N4O5/c1-18-10-13-21(14-11-18)29(36)34-24-16-22(15-12-19(24)2)35-27(31(38)40-4)26(30(37)39-3)25(23(17-32)28(35)33)20-8-6-5-7-9-20/h5-16,25H,33H2,1-4H3,(H,34,36). The van der Waals surface area contributed by atoms with Crippen LogP contribution in [0.15, 0.2) is 95.5 Å². The van der Waals surface area contributed by atoms with Crippen molar-refractivity contribution in [2.75, 3.05) is 24.4 Å². The summed E-state index contributed by atoms with van der Waals surface area (Å²) in [5, 5.41) is 13.1. The molecule has 0 radical (unpaired) electrons. The number of rotatable bonds is 6. The van der Waals surface area contributed by atoms with E-state index in [1.54, 1.807) is 60.7 Å². The molecular formula is C31H28N4O5. The maximum Gasteiger partial charge on any atom is 0.355 e. The Hall–Kier alpha value is -5.36. The Labute approximate surface area is 232 Å². The van der Waals surface area contributed by atoms with Crippen molar-refractivity contribution >= 4 is 29.2 Å². The highest BCUT2D eigenvalue weighted by molar-refractivity contribution is 6.07. The van der Waals surface area contributed by atoms with E-state index in [4.69, 9.17) is 15.2 Å². The van der Waals surface area contributed by atoms with Crippen molar-refractivity contribution in [3.8, 4) is 6.07 Å². The van der Waals surface area contributed by atoms with Crippen LogP contribution in [0, 0.1) is 25.2 Å². The molecule has 0 saturated carbocycles. The molecule has 40 heavy (non-hydrogen) atoms. The summed E-state index contributed by atoms with van der Waals surface area (Å²) in [5.74, 6) is -3.05. The lowest BCUT2D eigenvalue weighted by Crippen LogP contribution is -2.40. The van der Waals surface area contributed by atoms with Crippen LogP contribution in [0.1, 0.15) is 33.0 Å². The maximum absolute atomic E-state index is 13.3. The topological polar surface area (TPSA) is 135 Å². The molecule has 0 aromatic heterocycles. The van der Waals surface area contributed by atoms with Crippen LogP contribution in [0.5, 0.6) is 0 Å². The van der Waals surface area contributed by atoms with Gasteiger partial charge in [-0.05, 0) is 49.2 Å². The second-order valence-corrected chi connectivity index (χ2v) is 9.15. The first-order chi connectivity index (χ1) is 19.2. The summed E-state index contributed by atoms with van der Waals surface area (Å²) < 4.78 is 10.1. The van der Waals surface area contributed by atoms with E-state index in [0.717, 1.165) is 11.1 Å². The molecule has 1 heterocycles. The SMILES string of the molecule is COC(=O)C1=C(C(=O)OC)N(c2ccc(C)c(NC(=O)c3ccc(C)cc3)c2)C(N)=C(C#N)C1c1ccccc1. The van der Waals surface area contributed by atoms with E-state index in [0.29, 0.717) is 22.5 Å². The predicted octanol–water partition coefficient (Wildman–Crippen LogP) is 4.45. The molecule has 1 atom stereocenters. The average molecular weight is 537 g/mol. The molecule has 3 N–H and O–H groups in total. The Morgan fingerprint density at radius 1 is 0.925 bits per heavy atom. The molecule has 0 saturated heterocycles. The lowest BCUT2D eigenvalue weighted by Gasteiger charge is -2.36. The zero-order chi connectivity index (χ0) is 29.0. The molecule has 3 aromatic carbocycles. The Kier molecular flexibility index (Phi) is 8.01. The zero-order valence-corrected chi connectivity index (χ0v) is 22.5. The third-order valence-electron chi connectivity index (χ3n) is 6.65. The average Bonchev–Trinajstić information content (AvgIpc) is 2.97. The van der Waals surface area contributed by atoms with Crippen molar-refractivity contribution in [1.29, 1.82) is 5.26 Å². The first-order valence-electron chi connectivity index (χ1n) is 12.4. The molecule has 1 aliphatic heterocycles. The monoisotopic (exact) mass is 536 g/mol. The van der Waals surface area contributed by atoms with Gasteiger partial charge >= 0.3 is 11.9 Å². The van der Waals surface area contributed by atoms with Crippen LogP contribution in [-0.4, -0.2) is 32.1 Å². The van der Waals surface area contributed by atoms with Crippen LogP contribution in [0.3, 0.4) is 0 Å². The molecule has 1 amide bonds. The van der Waals surface area contributed by atoms with E-state index in [2.05, 4.69) is 11.4 Å². The lowest BCUT2D eigenvalue weighted by atomic mass is 9.81. The number of amides is 1. The molecule has 0 aliphatic carbocycles. The summed E-state index contributed by atoms with van der Waals surface area (Å²) in [6.45, 7) is 3.74. The van der Waals surface area contributed by atoms with Crippen LogP contribution in [0.25, 0.3) is 0 Å². The van der Waals surface area contributed by atoms with Crippen molar-refractivity contribution in [3.05, 3.63) is 118 Å². The van der Waals surface area contributed by atoms with Gasteiger partial charge in [-0.1, -0.05) is 54.1 Å². The second-order valence-electron chi connectivity index (χ2n) is 9.15. The number of carbonyl (C=O) groups excluding carboxylic acids is 3. The minimum atomic E-state index is -0.977. The molecule has 4 rings (SSSR count). The van der Waals surface area contributed by atoms with Gasteiger partial charge in [-0.25, -0.2) is 9.59 Å². The maximum atomic E-state index is 13.3. The van der Waals surface area contributed by atoms with Gasteiger partial charge in [-0.3, -0.25) is 9.69 Å². The minimum absolute atomic E-state index is 0.0464. The highest BCUT2D eigenvalue weighted by Crippen LogP contribution is 2.43. The van der Waals surface area contributed by atoms with Gasteiger partial charge in [0.15, 0.2) is 0 Å². The number of ether oxygens (including phenoxy) is 2. The number of aryl methyl sites for hydroxylation is 2. The lowest BCUT2D eigenvalue weighted by molar-refractivity contribution is -0.139. The van der Waals surface area contributed by atoms with Crippen LogP contribution in [0.4, 0.5) is 11.4 Å². The number of nitrogens with zero attached hydrogens (tertiary/aromatic N) is 2. The number of nitrogens with two attached hydrogens (primary N) is 1. The molecule has 3 aromatic rings. The summed E-state index contributed by atoms with van der Waals surface area (Å²) in [6.07, 6.45) is 0. The number of hydrogen-bond donors (Lipinski definition) is 2. The molecule has 0 bridgehead atoms. The van der Waals surface area contributed by atoms with Gasteiger partial charge in [0.1, 0.15) is 11.5 Å². The first kappa shape index (κ1) is 27.7. The molecule has 0 fully saturated rings. The number of hydrogen-bond acceptors (Lipinski definition) is 8. The van der Waals surface area contributed by atoms with Gasteiger partial charge in [0.25, 0.3) is 5.91 Å². The van der Waals surface area contributed by atoms with Gasteiger partial charge in [-0.2, -0.15) is 5.26 Å². The van der Waals surface area contributed by atoms with Gasteiger partial charge in [0.05, 0.1) is 37.4 Å². The highest BCUT2D eigenvalue weighted by atomic mass is 16.5. The minimum Gasteiger partial charge on any atom is -0.466 e. The number of carbonyl (C=O) groups is 3. The summed E-state index contributed by atoms with van der Waals surface area (Å²) >= 11 is 0. The van der Waals surface area contributed by atoms with Crippen molar-refractivity contribution in [2.24, 2.45) is 5.73 Å². The summed E-state index contributed by atoms with van der Waals surface area (Å²) in [4.78, 5) is 40.8. The van der Waals surface area contributed by atoms with Crippen molar-refractivity contribution in [1.82, 2.24) is 0 Å². The fourth-order valence-corrected chi connectivity index (χ4v) is 4.56. The predicted molar refractivity (Wildman–Crippen MR) is 150 cm³/mol. The van der Waals surface area contributed by atoms with E-state index in [-0.39, 0.29) is 28.6 Å². The summed E-state index contributed by atoms with van der Waals surface area (Å²) in [7, 11) is 2.37. The van der Waals surface area contributed by atoms with Crippen molar-refractivity contribution in [3.63, 3.8) is 0 Å². The molecule has 0 spiro atoms. The Bertz CT molecular complexity index is 1580. The van der Waals surface area contributed by atoms with Crippen LogP contribution >= 0.6 is 0 Å². The molecule has 9 heteroatoms. The van der Waals surface area contributed by atoms with Gasteiger partial charge in [0.2, 0.25) is 0 Å². The summed E-state index contributed by atoms with van der Waals surface area (Å²) in [6, 6.07) is 23.0. The molecule has 1 unspecified atom stereocenters. The summed E-state index contributed by atoms with van der Waals surface area (Å²) in [5.41, 5.74) is 9.89. The van der Waals surface area contributed by atoms with Gasteiger partial charge in [-0.15, -0.1) is 0 Å². The van der Waals surface area contributed by atoms with E-state index in [9.17, 15) is 19.6 Å². The number of methoxy groups -OCH3 is 2. The largest absolute Gasteiger partial charge is 0.466 e. The number of benzene rings is 3. The number of anilines is 2. The molecule has 1 aliphatic rings. The van der Waals surface area contributed by atoms with E-state index in [1.165, 1.54) is 19.1 Å². The fraction of sp³-hybridized carbons (Fsp3) is 0.161. The van der Waals surface area contributed by atoms with Crippen molar-refractivity contribution in [2.45, 2.75) is 19.8 Å². The van der Waals surface area contributed by atoms with E-state index in [1.807, 2.05) is 26.0 Å². The highest BCUT2D eigenvalue weighted by Gasteiger charge is 2.43. The van der Waals surface area contributed by atoms with Crippen molar-refractivity contribution < 1.29 is 23.9 Å². The second kappa shape index (κ2) is 11.6. The number of nitriles is 1. The van der Waals surface area contributed by atoms with E-state index >= 15 is 0 Å². The smallest absolute Gasteiger partial charge is 0.355 e. The Balaban J connectivity index is 1.91. The zero-order valence-electron chi connectivity index (χ0n) is 22.5. The van der Waals surface area contributed by atoms with Gasteiger partial charge in [0, 0.05) is 16.9 Å². The number of allylic oxidation sites excluding steroid dienone is 1. The Morgan fingerprint density at radius 3 is 2.17 bits per heavy atom.